The fraction of sp³-hybridized carbons (Fsp3) is 0.636. The number of rotatable bonds is 2. The number of anilines is 1. The minimum absolute atomic E-state index is 0.0911. The van der Waals surface area contributed by atoms with Crippen molar-refractivity contribution in [2.75, 3.05) is 31.6 Å². The summed E-state index contributed by atoms with van der Waals surface area (Å²) in [7, 11) is 2.09. The number of hydrogen-bond donors (Lipinski definition) is 0. The van der Waals surface area contributed by atoms with Crippen molar-refractivity contribution in [1.29, 1.82) is 0 Å². The molecule has 0 radical (unpaired) electrons. The number of hydrogen-bond acceptors (Lipinski definition) is 4. The van der Waals surface area contributed by atoms with E-state index in [0.29, 0.717) is 11.9 Å². The number of halogens is 2. The second kappa shape index (κ2) is 5.14. The number of aromatic nitrogens is 2. The summed E-state index contributed by atoms with van der Waals surface area (Å²) in [5, 5.41) is 0.0911. The van der Waals surface area contributed by atoms with Crippen LogP contribution in [0.3, 0.4) is 0 Å². The largest absolute Gasteiger partial charge is 0.351 e. The minimum Gasteiger partial charge on any atom is -0.351 e. The smallest absolute Gasteiger partial charge is 0.224 e. The van der Waals surface area contributed by atoms with E-state index in [-0.39, 0.29) is 5.28 Å². The van der Waals surface area contributed by atoms with Crippen molar-refractivity contribution in [2.24, 2.45) is 0 Å². The second-order valence-electron chi connectivity index (χ2n) is 4.30. The van der Waals surface area contributed by atoms with Crippen molar-refractivity contribution in [2.45, 2.75) is 19.4 Å². The van der Waals surface area contributed by atoms with Gasteiger partial charge in [0.2, 0.25) is 5.28 Å². The monoisotopic (exact) mass is 258 g/mol. The van der Waals surface area contributed by atoms with Gasteiger partial charge in [-0.3, -0.25) is 4.90 Å². The molecule has 1 aromatic heterocycles. The third-order valence-electron chi connectivity index (χ3n) is 3.24. The van der Waals surface area contributed by atoms with Gasteiger partial charge in [0.05, 0.1) is 6.20 Å². The molecule has 6 heteroatoms. The standard InChI is InChI=1S/C11H16ClFN4/c1-3-8-7-17(5-4-16(8)2)10-9(13)6-14-11(12)15-10/h6,8H,3-5,7H2,1-2H3. The lowest BCUT2D eigenvalue weighted by Crippen LogP contribution is -2.51. The summed E-state index contributed by atoms with van der Waals surface area (Å²) in [4.78, 5) is 11.8. The van der Waals surface area contributed by atoms with Crippen LogP contribution in [0.2, 0.25) is 5.28 Å². The molecule has 0 bridgehead atoms. The molecule has 0 amide bonds. The van der Waals surface area contributed by atoms with Gasteiger partial charge in [0.1, 0.15) is 0 Å². The molecule has 1 unspecified atom stereocenters. The Morgan fingerprint density at radius 3 is 3.00 bits per heavy atom. The van der Waals surface area contributed by atoms with E-state index in [1.54, 1.807) is 0 Å². The summed E-state index contributed by atoms with van der Waals surface area (Å²) in [6, 6.07) is 0.428. The molecule has 0 saturated carbocycles. The maximum atomic E-state index is 13.6. The lowest BCUT2D eigenvalue weighted by molar-refractivity contribution is 0.212. The van der Waals surface area contributed by atoms with Crippen molar-refractivity contribution in [3.63, 3.8) is 0 Å². The molecule has 4 nitrogen and oxygen atoms in total. The van der Waals surface area contributed by atoms with Gasteiger partial charge in [0.25, 0.3) is 0 Å². The van der Waals surface area contributed by atoms with Gasteiger partial charge >= 0.3 is 0 Å². The zero-order chi connectivity index (χ0) is 12.4. The molecule has 1 fully saturated rings. The van der Waals surface area contributed by atoms with E-state index in [0.717, 1.165) is 32.3 Å². The molecule has 0 aromatic carbocycles. The Balaban J connectivity index is 2.20. The van der Waals surface area contributed by atoms with Crippen molar-refractivity contribution < 1.29 is 4.39 Å². The summed E-state index contributed by atoms with van der Waals surface area (Å²) < 4.78 is 13.6. The van der Waals surface area contributed by atoms with Gasteiger partial charge in [-0.25, -0.2) is 9.37 Å². The lowest BCUT2D eigenvalue weighted by atomic mass is 10.1. The fourth-order valence-corrected chi connectivity index (χ4v) is 2.27. The molecule has 1 aliphatic heterocycles. The first-order valence-electron chi connectivity index (χ1n) is 5.75. The summed E-state index contributed by atoms with van der Waals surface area (Å²) in [6.07, 6.45) is 2.16. The SMILES string of the molecule is CCC1CN(c2nc(Cl)ncc2F)CCN1C. The molecule has 0 N–H and O–H groups in total. The van der Waals surface area contributed by atoms with Crippen LogP contribution in [0.1, 0.15) is 13.3 Å². The molecule has 1 atom stereocenters. The molecule has 0 aliphatic carbocycles. The quantitative estimate of drug-likeness (QED) is 0.758. The van der Waals surface area contributed by atoms with E-state index in [2.05, 4.69) is 28.8 Å². The first-order chi connectivity index (χ1) is 8.11. The van der Waals surface area contributed by atoms with Gasteiger partial charge in [-0.05, 0) is 25.1 Å². The van der Waals surface area contributed by atoms with E-state index in [1.165, 1.54) is 0 Å². The van der Waals surface area contributed by atoms with Crippen LogP contribution < -0.4 is 4.90 Å². The molecular weight excluding hydrogens is 243 g/mol. The highest BCUT2D eigenvalue weighted by atomic mass is 35.5. The second-order valence-corrected chi connectivity index (χ2v) is 4.64. The van der Waals surface area contributed by atoms with Crippen LogP contribution in [-0.2, 0) is 0 Å². The average Bonchev–Trinajstić information content (AvgIpc) is 2.33. The van der Waals surface area contributed by atoms with Gasteiger partial charge < -0.3 is 4.90 Å². The van der Waals surface area contributed by atoms with Gasteiger partial charge in [0, 0.05) is 25.7 Å². The Kier molecular flexibility index (Phi) is 3.79. The van der Waals surface area contributed by atoms with Crippen molar-refractivity contribution >= 4 is 17.4 Å². The zero-order valence-electron chi connectivity index (χ0n) is 10.0. The molecule has 1 saturated heterocycles. The van der Waals surface area contributed by atoms with E-state index < -0.39 is 5.82 Å². The Bertz CT molecular complexity index is 401. The third kappa shape index (κ3) is 2.66. The highest BCUT2D eigenvalue weighted by Crippen LogP contribution is 2.21. The molecule has 2 heterocycles. The van der Waals surface area contributed by atoms with Crippen LogP contribution in [0.15, 0.2) is 6.20 Å². The Labute approximate surface area is 105 Å². The van der Waals surface area contributed by atoms with E-state index >= 15 is 0 Å². The Hall–Kier alpha value is -0.940. The van der Waals surface area contributed by atoms with Crippen LogP contribution in [0.4, 0.5) is 10.2 Å². The van der Waals surface area contributed by atoms with E-state index in [4.69, 9.17) is 11.6 Å². The van der Waals surface area contributed by atoms with Crippen LogP contribution in [0.5, 0.6) is 0 Å². The first-order valence-corrected chi connectivity index (χ1v) is 6.12. The molecule has 1 aromatic rings. The molecule has 17 heavy (non-hydrogen) atoms. The van der Waals surface area contributed by atoms with Gasteiger partial charge in [0.15, 0.2) is 11.6 Å². The highest BCUT2D eigenvalue weighted by molar-refractivity contribution is 6.28. The third-order valence-corrected chi connectivity index (χ3v) is 3.43. The zero-order valence-corrected chi connectivity index (χ0v) is 10.8. The van der Waals surface area contributed by atoms with E-state index in [1.807, 2.05) is 4.90 Å². The summed E-state index contributed by atoms with van der Waals surface area (Å²) in [5.41, 5.74) is 0. The molecule has 1 aliphatic rings. The van der Waals surface area contributed by atoms with Crippen molar-refractivity contribution in [1.82, 2.24) is 14.9 Å². The van der Waals surface area contributed by atoms with Gasteiger partial charge in [-0.15, -0.1) is 0 Å². The fourth-order valence-electron chi connectivity index (χ4n) is 2.14. The topological polar surface area (TPSA) is 32.3 Å². The number of piperazine rings is 1. The molecule has 94 valence electrons. The Morgan fingerprint density at radius 1 is 1.53 bits per heavy atom. The minimum atomic E-state index is -0.409. The van der Waals surface area contributed by atoms with Gasteiger partial charge in [-0.2, -0.15) is 4.98 Å². The van der Waals surface area contributed by atoms with Crippen molar-refractivity contribution in [3.8, 4) is 0 Å². The maximum absolute atomic E-state index is 13.6. The molecular formula is C11H16ClFN4. The van der Waals surface area contributed by atoms with Crippen LogP contribution >= 0.6 is 11.6 Å². The average molecular weight is 259 g/mol. The van der Waals surface area contributed by atoms with Crippen molar-refractivity contribution in [3.05, 3.63) is 17.3 Å². The van der Waals surface area contributed by atoms with Crippen LogP contribution in [-0.4, -0.2) is 47.6 Å². The molecule has 0 spiro atoms. The molecule has 2 rings (SSSR count). The normalized spacial score (nSPS) is 21.9. The maximum Gasteiger partial charge on any atom is 0.224 e. The van der Waals surface area contributed by atoms with Crippen LogP contribution in [0, 0.1) is 5.82 Å². The number of likely N-dealkylation sites (N-methyl/N-ethyl adjacent to an activating group) is 1. The first kappa shape index (κ1) is 12.5. The van der Waals surface area contributed by atoms with E-state index in [9.17, 15) is 4.39 Å². The predicted molar refractivity (Wildman–Crippen MR) is 65.9 cm³/mol. The predicted octanol–water partition coefficient (Wildman–Crippen LogP) is 1.80. The Morgan fingerprint density at radius 2 is 2.29 bits per heavy atom. The lowest BCUT2D eigenvalue weighted by Gasteiger charge is -2.39. The summed E-state index contributed by atoms with van der Waals surface area (Å²) >= 11 is 5.71. The highest BCUT2D eigenvalue weighted by Gasteiger charge is 2.25. The number of nitrogens with zero attached hydrogens (tertiary/aromatic N) is 4. The van der Waals surface area contributed by atoms with Gasteiger partial charge in [-0.1, -0.05) is 6.92 Å². The summed E-state index contributed by atoms with van der Waals surface area (Å²) in [5.74, 6) is -0.0923. The summed E-state index contributed by atoms with van der Waals surface area (Å²) in [6.45, 7) is 4.57. The van der Waals surface area contributed by atoms with Crippen LogP contribution in [0.25, 0.3) is 0 Å².